The Bertz CT molecular complexity index is 191. The molecule has 0 aromatic carbocycles. The molecule has 1 unspecified atom stereocenters. The zero-order valence-electron chi connectivity index (χ0n) is 10.5. The molecular weight excluding hydrogens is 204 g/mol. The van der Waals surface area contributed by atoms with E-state index < -0.39 is 0 Å². The molecule has 0 N–H and O–H groups in total. The Balaban J connectivity index is 1.93. The van der Waals surface area contributed by atoms with Crippen LogP contribution in [0.4, 0.5) is 0 Å². The van der Waals surface area contributed by atoms with Crippen LogP contribution >= 0.6 is 0 Å². The Hall–Kier alpha value is -0.160. The summed E-state index contributed by atoms with van der Waals surface area (Å²) in [5, 5.41) is 5.06. The lowest BCUT2D eigenvalue weighted by Gasteiger charge is -2.37. The molecule has 2 saturated heterocycles. The maximum Gasteiger partial charge on any atom is 0.0632 e. The first-order valence-corrected chi connectivity index (χ1v) is 6.38. The topological polar surface area (TPSA) is 24.9 Å². The van der Waals surface area contributed by atoms with E-state index in [0.29, 0.717) is 12.1 Å². The SMILES string of the molecule is COCC1CCCN1N1CCC[C@H]1COC. The average molecular weight is 228 g/mol. The van der Waals surface area contributed by atoms with Gasteiger partial charge in [0.2, 0.25) is 0 Å². The van der Waals surface area contributed by atoms with Gasteiger partial charge in [-0.1, -0.05) is 0 Å². The Morgan fingerprint density at radius 3 is 1.69 bits per heavy atom. The summed E-state index contributed by atoms with van der Waals surface area (Å²) < 4.78 is 10.6. The minimum Gasteiger partial charge on any atom is -0.383 e. The molecule has 2 aliphatic rings. The maximum absolute atomic E-state index is 5.31. The van der Waals surface area contributed by atoms with Gasteiger partial charge in [-0.25, -0.2) is 10.0 Å². The quantitative estimate of drug-likeness (QED) is 0.704. The van der Waals surface area contributed by atoms with E-state index in [1.807, 2.05) is 0 Å². The molecule has 4 nitrogen and oxygen atoms in total. The van der Waals surface area contributed by atoms with Crippen molar-refractivity contribution in [2.24, 2.45) is 0 Å². The van der Waals surface area contributed by atoms with Crippen LogP contribution in [-0.2, 0) is 9.47 Å². The number of ether oxygens (including phenoxy) is 2. The highest BCUT2D eigenvalue weighted by molar-refractivity contribution is 4.84. The third kappa shape index (κ3) is 2.56. The molecule has 16 heavy (non-hydrogen) atoms. The van der Waals surface area contributed by atoms with Gasteiger partial charge in [-0.3, -0.25) is 0 Å². The fourth-order valence-corrected chi connectivity index (χ4v) is 3.04. The predicted octanol–water partition coefficient (Wildman–Crippen LogP) is 1.12. The molecule has 0 spiro atoms. The van der Waals surface area contributed by atoms with Crippen molar-refractivity contribution in [3.05, 3.63) is 0 Å². The lowest BCUT2D eigenvalue weighted by atomic mass is 10.2. The number of hydrazine groups is 1. The summed E-state index contributed by atoms with van der Waals surface area (Å²) in [6.07, 6.45) is 5.13. The van der Waals surface area contributed by atoms with Gasteiger partial charge >= 0.3 is 0 Å². The fraction of sp³-hybridized carbons (Fsp3) is 1.00. The molecule has 2 rings (SSSR count). The first-order valence-electron chi connectivity index (χ1n) is 6.38. The molecule has 0 amide bonds. The summed E-state index contributed by atoms with van der Waals surface area (Å²) in [7, 11) is 3.60. The monoisotopic (exact) mass is 228 g/mol. The van der Waals surface area contributed by atoms with Gasteiger partial charge in [0.1, 0.15) is 0 Å². The highest BCUT2D eigenvalue weighted by Crippen LogP contribution is 2.27. The van der Waals surface area contributed by atoms with Gasteiger partial charge in [0.25, 0.3) is 0 Å². The minimum atomic E-state index is 0.586. The van der Waals surface area contributed by atoms with Gasteiger partial charge in [-0.15, -0.1) is 0 Å². The molecule has 2 heterocycles. The number of methoxy groups -OCH3 is 2. The van der Waals surface area contributed by atoms with Crippen LogP contribution in [0.5, 0.6) is 0 Å². The number of hydrogen-bond acceptors (Lipinski definition) is 4. The third-order valence-electron chi connectivity index (χ3n) is 3.74. The molecule has 0 saturated carbocycles. The van der Waals surface area contributed by atoms with Crippen molar-refractivity contribution in [2.45, 2.75) is 37.8 Å². The summed E-state index contributed by atoms with van der Waals surface area (Å²) in [6, 6.07) is 1.17. The Labute approximate surface area is 98.5 Å². The molecule has 2 fully saturated rings. The average Bonchev–Trinajstić information content (AvgIpc) is 2.87. The smallest absolute Gasteiger partial charge is 0.0632 e. The third-order valence-corrected chi connectivity index (χ3v) is 3.74. The lowest BCUT2D eigenvalue weighted by molar-refractivity contribution is -0.0791. The molecule has 4 heteroatoms. The van der Waals surface area contributed by atoms with Crippen LogP contribution < -0.4 is 0 Å². The number of hydrogen-bond donors (Lipinski definition) is 0. The predicted molar refractivity (Wildman–Crippen MR) is 63.2 cm³/mol. The van der Waals surface area contributed by atoms with Gasteiger partial charge in [0, 0.05) is 39.4 Å². The zero-order valence-corrected chi connectivity index (χ0v) is 10.5. The first-order chi connectivity index (χ1) is 7.86. The van der Waals surface area contributed by atoms with Crippen molar-refractivity contribution in [3.8, 4) is 0 Å². The summed E-state index contributed by atoms with van der Waals surface area (Å²) in [5.41, 5.74) is 0. The number of nitrogens with zero attached hydrogens (tertiary/aromatic N) is 2. The minimum absolute atomic E-state index is 0.586. The van der Waals surface area contributed by atoms with Crippen LogP contribution in [0.3, 0.4) is 0 Å². The van der Waals surface area contributed by atoms with Gasteiger partial charge < -0.3 is 9.47 Å². The van der Waals surface area contributed by atoms with Gasteiger partial charge in [0.05, 0.1) is 13.2 Å². The molecule has 2 atom stereocenters. The second kappa shape index (κ2) is 5.96. The molecule has 0 radical (unpaired) electrons. The Morgan fingerprint density at radius 1 is 0.875 bits per heavy atom. The van der Waals surface area contributed by atoms with Crippen molar-refractivity contribution < 1.29 is 9.47 Å². The molecule has 94 valence electrons. The Morgan fingerprint density at radius 2 is 1.31 bits per heavy atom. The molecule has 0 bridgehead atoms. The van der Waals surface area contributed by atoms with Gasteiger partial charge in [0.15, 0.2) is 0 Å². The van der Waals surface area contributed by atoms with Gasteiger partial charge in [-0.2, -0.15) is 0 Å². The van der Waals surface area contributed by atoms with E-state index in [0.717, 1.165) is 13.2 Å². The fourth-order valence-electron chi connectivity index (χ4n) is 3.04. The standard InChI is InChI=1S/C12H24N2O2/c1-15-9-11-5-3-7-13(11)14-8-4-6-12(14)10-16-2/h11-12H,3-10H2,1-2H3/t11-,12?/m0/s1. The van der Waals surface area contributed by atoms with E-state index in [4.69, 9.17) is 9.47 Å². The van der Waals surface area contributed by atoms with E-state index >= 15 is 0 Å². The van der Waals surface area contributed by atoms with Crippen LogP contribution in [0, 0.1) is 0 Å². The van der Waals surface area contributed by atoms with Crippen molar-refractivity contribution in [1.82, 2.24) is 10.0 Å². The Kier molecular flexibility index (Phi) is 4.58. The van der Waals surface area contributed by atoms with E-state index in [9.17, 15) is 0 Å². The van der Waals surface area contributed by atoms with Gasteiger partial charge in [-0.05, 0) is 25.7 Å². The van der Waals surface area contributed by atoms with Crippen LogP contribution in [-0.4, -0.2) is 62.6 Å². The molecule has 0 aromatic heterocycles. The van der Waals surface area contributed by atoms with E-state index in [2.05, 4.69) is 10.0 Å². The highest BCUT2D eigenvalue weighted by Gasteiger charge is 2.35. The van der Waals surface area contributed by atoms with Crippen LogP contribution in [0.25, 0.3) is 0 Å². The first kappa shape index (κ1) is 12.3. The highest BCUT2D eigenvalue weighted by atomic mass is 16.5. The summed E-state index contributed by atoms with van der Waals surface area (Å²) >= 11 is 0. The second-order valence-electron chi connectivity index (χ2n) is 4.83. The van der Waals surface area contributed by atoms with Crippen molar-refractivity contribution in [3.63, 3.8) is 0 Å². The summed E-state index contributed by atoms with van der Waals surface area (Å²) in [6.45, 7) is 4.09. The molecule has 0 aromatic rings. The second-order valence-corrected chi connectivity index (χ2v) is 4.83. The zero-order chi connectivity index (χ0) is 11.4. The normalized spacial score (nSPS) is 32.6. The van der Waals surface area contributed by atoms with Crippen molar-refractivity contribution in [1.29, 1.82) is 0 Å². The lowest BCUT2D eigenvalue weighted by Crippen LogP contribution is -2.50. The van der Waals surface area contributed by atoms with E-state index in [1.165, 1.54) is 38.8 Å². The molecular formula is C12H24N2O2. The van der Waals surface area contributed by atoms with E-state index in [1.54, 1.807) is 14.2 Å². The largest absolute Gasteiger partial charge is 0.383 e. The van der Waals surface area contributed by atoms with Crippen molar-refractivity contribution in [2.75, 3.05) is 40.5 Å². The maximum atomic E-state index is 5.31. The van der Waals surface area contributed by atoms with Crippen LogP contribution in [0.15, 0.2) is 0 Å². The molecule has 0 aliphatic carbocycles. The van der Waals surface area contributed by atoms with Crippen LogP contribution in [0.1, 0.15) is 25.7 Å². The summed E-state index contributed by atoms with van der Waals surface area (Å²) in [5.74, 6) is 0. The molecule has 2 aliphatic heterocycles. The summed E-state index contributed by atoms with van der Waals surface area (Å²) in [4.78, 5) is 0. The van der Waals surface area contributed by atoms with Crippen LogP contribution in [0.2, 0.25) is 0 Å². The van der Waals surface area contributed by atoms with E-state index in [-0.39, 0.29) is 0 Å². The van der Waals surface area contributed by atoms with Crippen molar-refractivity contribution >= 4 is 0 Å². The number of rotatable bonds is 5.